The van der Waals surface area contributed by atoms with Crippen molar-refractivity contribution in [3.05, 3.63) is 28.8 Å². The van der Waals surface area contributed by atoms with Crippen molar-refractivity contribution in [2.45, 2.75) is 55.0 Å². The van der Waals surface area contributed by atoms with E-state index in [2.05, 4.69) is 6.07 Å². The van der Waals surface area contributed by atoms with Gasteiger partial charge in [-0.1, -0.05) is 0 Å². The van der Waals surface area contributed by atoms with Gasteiger partial charge in [0.2, 0.25) is 5.91 Å². The lowest BCUT2D eigenvalue weighted by atomic mass is 9.43. The van der Waals surface area contributed by atoms with Gasteiger partial charge in [-0.25, -0.2) is 8.42 Å². The van der Waals surface area contributed by atoms with E-state index in [-0.39, 0.29) is 17.4 Å². The Labute approximate surface area is 167 Å². The summed E-state index contributed by atoms with van der Waals surface area (Å²) < 4.78 is 66.1. The zero-order valence-corrected chi connectivity index (χ0v) is 16.7. The Balaban J connectivity index is 2.04. The molecule has 156 valence electrons. The highest BCUT2D eigenvalue weighted by molar-refractivity contribution is 7.90. The average molecular weight is 426 g/mol. The van der Waals surface area contributed by atoms with Crippen LogP contribution in [-0.4, -0.2) is 20.6 Å². The van der Waals surface area contributed by atoms with Crippen LogP contribution in [0.4, 0.5) is 13.2 Å². The highest BCUT2D eigenvalue weighted by Crippen LogP contribution is 2.66. The first-order valence-corrected chi connectivity index (χ1v) is 11.3. The molecule has 4 atom stereocenters. The molecule has 0 heterocycles. The second kappa shape index (κ2) is 5.97. The van der Waals surface area contributed by atoms with E-state index >= 15 is 0 Å². The lowest BCUT2D eigenvalue weighted by molar-refractivity contribution is -0.137. The number of alkyl halides is 3. The van der Waals surface area contributed by atoms with Gasteiger partial charge < -0.3 is 5.73 Å². The molecule has 0 radical (unpaired) electrons. The highest BCUT2D eigenvalue weighted by Gasteiger charge is 2.59. The highest BCUT2D eigenvalue weighted by atomic mass is 32.2. The zero-order valence-electron chi connectivity index (χ0n) is 15.8. The van der Waals surface area contributed by atoms with Crippen molar-refractivity contribution in [3.8, 4) is 6.07 Å². The van der Waals surface area contributed by atoms with Crippen LogP contribution in [0.15, 0.2) is 17.0 Å². The summed E-state index contributed by atoms with van der Waals surface area (Å²) in [5, 5.41) is 9.83. The maximum Gasteiger partial charge on any atom is 0.416 e. The Morgan fingerprint density at radius 2 is 1.79 bits per heavy atom. The summed E-state index contributed by atoms with van der Waals surface area (Å²) >= 11 is 0. The summed E-state index contributed by atoms with van der Waals surface area (Å²) in [6, 6.07) is 3.79. The van der Waals surface area contributed by atoms with Crippen LogP contribution < -0.4 is 5.73 Å². The van der Waals surface area contributed by atoms with E-state index in [4.69, 9.17) is 5.73 Å². The minimum Gasteiger partial charge on any atom is -0.366 e. The number of sulfone groups is 1. The lowest BCUT2D eigenvalue weighted by Gasteiger charge is -2.60. The average Bonchev–Trinajstić information content (AvgIpc) is 2.58. The number of nitrogens with zero attached hydrogens (tertiary/aromatic N) is 1. The number of amides is 1. The van der Waals surface area contributed by atoms with Crippen LogP contribution in [0.5, 0.6) is 0 Å². The van der Waals surface area contributed by atoms with Crippen LogP contribution in [0.25, 0.3) is 0 Å². The minimum atomic E-state index is -4.76. The Kier molecular flexibility index (Phi) is 4.16. The summed E-state index contributed by atoms with van der Waals surface area (Å²) in [6.45, 7) is 0. The maximum atomic E-state index is 13.6. The number of benzene rings is 1. The molecule has 0 saturated heterocycles. The first kappa shape index (κ1) is 20.2. The van der Waals surface area contributed by atoms with Crippen molar-refractivity contribution in [2.75, 3.05) is 6.26 Å². The number of halogens is 3. The molecule has 1 aromatic rings. The predicted octanol–water partition coefficient (Wildman–Crippen LogP) is 3.57. The first-order chi connectivity index (χ1) is 13.3. The van der Waals surface area contributed by atoms with Crippen LogP contribution >= 0.6 is 0 Å². The van der Waals surface area contributed by atoms with E-state index < -0.39 is 48.8 Å². The Morgan fingerprint density at radius 3 is 2.24 bits per heavy atom. The van der Waals surface area contributed by atoms with E-state index in [9.17, 15) is 31.6 Å². The van der Waals surface area contributed by atoms with Gasteiger partial charge in [0.05, 0.1) is 27.5 Å². The number of hydrogen-bond donors (Lipinski definition) is 1. The van der Waals surface area contributed by atoms with Gasteiger partial charge in [0.1, 0.15) is 0 Å². The third-order valence-corrected chi connectivity index (χ3v) is 8.10. The van der Waals surface area contributed by atoms with Crippen molar-refractivity contribution in [1.29, 1.82) is 5.26 Å². The molecule has 2 N–H and O–H groups in total. The fourth-order valence-electron chi connectivity index (χ4n) is 6.48. The van der Waals surface area contributed by atoms with E-state index in [1.165, 1.54) is 0 Å². The third kappa shape index (κ3) is 3.12. The van der Waals surface area contributed by atoms with Crippen LogP contribution in [0, 0.1) is 28.6 Å². The number of primary amides is 1. The molecule has 3 unspecified atom stereocenters. The standard InChI is InChI=1S/C20H21F3N2O3S/c1-29(27,28)16-14(17(25)26)3-13(20(21,22)23)4-15(16)19-7-11-2-12(8-19)6-18(5-11,9-19)10-24/h3-4,11-12H,2,5-9H2,1H3,(H2,25,26)/t11-,12?,18?,19?/m0/s1. The number of nitriles is 1. The summed E-state index contributed by atoms with van der Waals surface area (Å²) in [5.41, 5.74) is 2.09. The second-order valence-corrected chi connectivity index (χ2v) is 11.1. The van der Waals surface area contributed by atoms with Gasteiger partial charge in [0.25, 0.3) is 0 Å². The molecule has 29 heavy (non-hydrogen) atoms. The molecule has 4 aliphatic rings. The van der Waals surface area contributed by atoms with Crippen molar-refractivity contribution >= 4 is 15.7 Å². The molecule has 5 rings (SSSR count). The first-order valence-electron chi connectivity index (χ1n) is 9.45. The normalized spacial score (nSPS) is 33.5. The summed E-state index contributed by atoms with van der Waals surface area (Å²) in [7, 11) is -4.04. The monoisotopic (exact) mass is 426 g/mol. The third-order valence-electron chi connectivity index (χ3n) is 6.92. The van der Waals surface area contributed by atoms with Gasteiger partial charge in [0, 0.05) is 6.26 Å². The van der Waals surface area contributed by atoms with Gasteiger partial charge >= 0.3 is 6.18 Å². The van der Waals surface area contributed by atoms with Crippen molar-refractivity contribution < 1.29 is 26.4 Å². The van der Waals surface area contributed by atoms with Crippen LogP contribution in [-0.2, 0) is 21.4 Å². The van der Waals surface area contributed by atoms with Crippen molar-refractivity contribution in [1.82, 2.24) is 0 Å². The van der Waals surface area contributed by atoms with Crippen LogP contribution in [0.3, 0.4) is 0 Å². The largest absolute Gasteiger partial charge is 0.416 e. The van der Waals surface area contributed by atoms with Gasteiger partial charge in [-0.2, -0.15) is 18.4 Å². The fraction of sp³-hybridized carbons (Fsp3) is 0.600. The molecule has 5 nitrogen and oxygen atoms in total. The number of nitrogens with two attached hydrogens (primary N) is 1. The molecular weight excluding hydrogens is 405 g/mol. The number of carbonyl (C=O) groups excluding carboxylic acids is 1. The van der Waals surface area contributed by atoms with Crippen LogP contribution in [0.1, 0.15) is 60.0 Å². The second-order valence-electron chi connectivity index (χ2n) is 9.17. The number of carbonyl (C=O) groups is 1. The van der Waals surface area contributed by atoms with Crippen molar-refractivity contribution in [2.24, 2.45) is 23.0 Å². The van der Waals surface area contributed by atoms with Crippen molar-refractivity contribution in [3.63, 3.8) is 0 Å². The number of hydrogen-bond acceptors (Lipinski definition) is 4. The quantitative estimate of drug-likeness (QED) is 0.798. The topological polar surface area (TPSA) is 101 Å². The molecule has 4 bridgehead atoms. The molecule has 0 aliphatic heterocycles. The van der Waals surface area contributed by atoms with Gasteiger partial charge in [-0.3, -0.25) is 4.79 Å². The van der Waals surface area contributed by atoms with Gasteiger partial charge in [0.15, 0.2) is 9.84 Å². The molecule has 4 saturated carbocycles. The molecule has 0 aromatic heterocycles. The fourth-order valence-corrected chi connectivity index (χ4v) is 7.71. The smallest absolute Gasteiger partial charge is 0.366 e. The lowest BCUT2D eigenvalue weighted by Crippen LogP contribution is -2.54. The SMILES string of the molecule is CS(=O)(=O)c1c(C(N)=O)cc(C(F)(F)F)cc1C12CC3C[C@@H](CC(C#N)(C3)C1)C2. The minimum absolute atomic E-state index is 0.0114. The summed E-state index contributed by atoms with van der Waals surface area (Å²) in [4.78, 5) is 11.6. The Morgan fingerprint density at radius 1 is 1.21 bits per heavy atom. The molecule has 4 aliphatic carbocycles. The molecular formula is C20H21F3N2O3S. The Bertz CT molecular complexity index is 1040. The van der Waals surface area contributed by atoms with E-state index in [1.807, 2.05) is 0 Å². The maximum absolute atomic E-state index is 13.6. The van der Waals surface area contributed by atoms with E-state index in [0.717, 1.165) is 18.7 Å². The van der Waals surface area contributed by atoms with Gasteiger partial charge in [-0.15, -0.1) is 0 Å². The molecule has 9 heteroatoms. The van der Waals surface area contributed by atoms with E-state index in [0.29, 0.717) is 38.2 Å². The predicted molar refractivity (Wildman–Crippen MR) is 97.5 cm³/mol. The zero-order chi connectivity index (χ0) is 21.4. The Hall–Kier alpha value is -2.08. The molecule has 0 spiro atoms. The van der Waals surface area contributed by atoms with Gasteiger partial charge in [-0.05, 0) is 73.5 Å². The van der Waals surface area contributed by atoms with Crippen LogP contribution in [0.2, 0.25) is 0 Å². The summed E-state index contributed by atoms with van der Waals surface area (Å²) in [6.07, 6.45) is -0.234. The molecule has 1 aromatic carbocycles. The molecule has 4 fully saturated rings. The number of rotatable bonds is 3. The molecule has 1 amide bonds. The van der Waals surface area contributed by atoms with E-state index in [1.54, 1.807) is 0 Å². The summed E-state index contributed by atoms with van der Waals surface area (Å²) in [5.74, 6) is -0.887.